The van der Waals surface area contributed by atoms with Crippen LogP contribution in [0.5, 0.6) is 0 Å². The number of nitrogens with one attached hydrogen (secondary N) is 1. The zero-order chi connectivity index (χ0) is 26.3. The Morgan fingerprint density at radius 1 is 1.19 bits per heavy atom. The third kappa shape index (κ3) is 4.41. The fourth-order valence-electron chi connectivity index (χ4n) is 4.52. The number of fused-ring (bicyclic) bond motifs is 3. The zero-order valence-electron chi connectivity index (χ0n) is 21.0. The maximum Gasteiger partial charge on any atom is 0.308 e. The van der Waals surface area contributed by atoms with Crippen LogP contribution in [0.25, 0.3) is 5.00 Å². The van der Waals surface area contributed by atoms with E-state index in [0.717, 1.165) is 38.7 Å². The molecule has 2 N–H and O–H groups in total. The number of benzene rings is 2. The number of hydrogen-bond donors (Lipinski definition) is 2. The van der Waals surface area contributed by atoms with Gasteiger partial charge in [-0.2, -0.15) is 5.26 Å². The van der Waals surface area contributed by atoms with Gasteiger partial charge in [-0.3, -0.25) is 14.4 Å². The van der Waals surface area contributed by atoms with Crippen molar-refractivity contribution in [3.63, 3.8) is 0 Å². The van der Waals surface area contributed by atoms with E-state index in [1.807, 2.05) is 54.0 Å². The lowest BCUT2D eigenvalue weighted by Gasteiger charge is -2.16. The van der Waals surface area contributed by atoms with Crippen LogP contribution in [-0.2, 0) is 11.3 Å². The number of anilines is 1. The molecule has 9 heteroatoms. The topological polar surface area (TPSA) is 116 Å². The molecular weight excluding hydrogens is 484 g/mol. The second-order valence-electron chi connectivity index (χ2n) is 9.20. The molecule has 0 saturated heterocycles. The Hall–Kier alpha value is -4.29. The maximum absolute atomic E-state index is 12.0. The van der Waals surface area contributed by atoms with E-state index in [-0.39, 0.29) is 0 Å². The first-order chi connectivity index (χ1) is 17.8. The fourth-order valence-corrected chi connectivity index (χ4v) is 5.73. The maximum atomic E-state index is 12.0. The quantitative estimate of drug-likeness (QED) is 0.361. The Balaban J connectivity index is 1.54. The Morgan fingerprint density at radius 3 is 2.65 bits per heavy atom. The normalized spacial score (nSPS) is 15.1. The molecule has 186 valence electrons. The van der Waals surface area contributed by atoms with E-state index in [2.05, 4.69) is 35.4 Å². The van der Waals surface area contributed by atoms with Gasteiger partial charge in [0.1, 0.15) is 16.9 Å². The summed E-state index contributed by atoms with van der Waals surface area (Å²) in [6.07, 6.45) is 0. The second kappa shape index (κ2) is 9.64. The molecule has 0 fully saturated rings. The van der Waals surface area contributed by atoms with E-state index in [1.54, 1.807) is 24.3 Å². The lowest BCUT2D eigenvalue weighted by atomic mass is 9.98. The number of thiophene rings is 1. The molecule has 0 amide bonds. The lowest BCUT2D eigenvalue weighted by Crippen LogP contribution is -2.21. The molecule has 1 aliphatic heterocycles. The summed E-state index contributed by atoms with van der Waals surface area (Å²) in [6.45, 7) is 8.29. The highest BCUT2D eigenvalue weighted by Gasteiger charge is 2.36. The molecule has 1 aliphatic rings. The third-order valence-corrected chi connectivity index (χ3v) is 7.96. The number of carboxylic acids is 1. The van der Waals surface area contributed by atoms with E-state index in [9.17, 15) is 9.90 Å². The van der Waals surface area contributed by atoms with Gasteiger partial charge < -0.3 is 10.4 Å². The molecule has 2 aromatic heterocycles. The van der Waals surface area contributed by atoms with Gasteiger partial charge in [0, 0.05) is 28.2 Å². The van der Waals surface area contributed by atoms with Gasteiger partial charge in [0.25, 0.3) is 0 Å². The summed E-state index contributed by atoms with van der Waals surface area (Å²) in [5.74, 6) is -0.462. The van der Waals surface area contributed by atoms with Gasteiger partial charge in [-0.25, -0.2) is 0 Å². The number of rotatable bonds is 6. The van der Waals surface area contributed by atoms with Crippen molar-refractivity contribution in [2.45, 2.75) is 40.3 Å². The van der Waals surface area contributed by atoms with Crippen molar-refractivity contribution in [3.05, 3.63) is 92.9 Å². The molecule has 8 nitrogen and oxygen atoms in total. The standard InChI is InChI=1S/C28H26N6O2S/c1-15-17(3)37-27-23(15)25(31-24(16(2)28(35)36)26-33-32-18(4)34(26)27)21-8-10-22(11-9-21)30-14-20-7-5-6-19(12-20)13-29/h5-12,16,24,30H,14H2,1-4H3,(H,35,36)/t16-,24?/m0/s1. The van der Waals surface area contributed by atoms with E-state index < -0.39 is 17.9 Å². The minimum absolute atomic E-state index is 0.544. The Labute approximate surface area is 219 Å². The minimum atomic E-state index is -0.932. The predicted octanol–water partition coefficient (Wildman–Crippen LogP) is 5.35. The lowest BCUT2D eigenvalue weighted by molar-refractivity contribution is -0.141. The molecule has 0 radical (unpaired) electrons. The van der Waals surface area contributed by atoms with E-state index in [4.69, 9.17) is 10.3 Å². The number of nitriles is 1. The van der Waals surface area contributed by atoms with Crippen LogP contribution in [0.1, 0.15) is 57.3 Å². The van der Waals surface area contributed by atoms with Crippen molar-refractivity contribution in [2.75, 3.05) is 5.32 Å². The highest BCUT2D eigenvalue weighted by molar-refractivity contribution is 7.15. The average molecular weight is 511 g/mol. The summed E-state index contributed by atoms with van der Waals surface area (Å²) in [4.78, 5) is 18.2. The predicted molar refractivity (Wildman–Crippen MR) is 144 cm³/mol. The third-order valence-electron chi connectivity index (χ3n) is 6.76. The summed E-state index contributed by atoms with van der Waals surface area (Å²) < 4.78 is 1.96. The molecule has 37 heavy (non-hydrogen) atoms. The van der Waals surface area contributed by atoms with Crippen molar-refractivity contribution in [1.82, 2.24) is 14.8 Å². The highest BCUT2D eigenvalue weighted by atomic mass is 32.1. The van der Waals surface area contributed by atoms with Gasteiger partial charge in [0.2, 0.25) is 0 Å². The van der Waals surface area contributed by atoms with Crippen LogP contribution in [0, 0.1) is 38.0 Å². The first-order valence-electron chi connectivity index (χ1n) is 11.9. The molecule has 0 spiro atoms. The van der Waals surface area contributed by atoms with Crippen molar-refractivity contribution >= 4 is 28.7 Å². The van der Waals surface area contributed by atoms with Crippen LogP contribution in [-0.4, -0.2) is 31.6 Å². The second-order valence-corrected chi connectivity index (χ2v) is 10.4. The summed E-state index contributed by atoms with van der Waals surface area (Å²) in [6, 6.07) is 17.0. The monoisotopic (exact) mass is 510 g/mol. The smallest absolute Gasteiger partial charge is 0.308 e. The number of hydrogen-bond acceptors (Lipinski definition) is 7. The van der Waals surface area contributed by atoms with Gasteiger partial charge in [-0.05, 0) is 63.1 Å². The number of aryl methyl sites for hydroxylation is 2. The molecule has 4 aromatic rings. The Kier molecular flexibility index (Phi) is 6.36. The van der Waals surface area contributed by atoms with Gasteiger partial charge in [-0.1, -0.05) is 24.3 Å². The number of aliphatic imine (C=N–C) groups is 1. The minimum Gasteiger partial charge on any atom is -0.481 e. The summed E-state index contributed by atoms with van der Waals surface area (Å²) in [5, 5.41) is 32.0. The average Bonchev–Trinajstić information content (AvgIpc) is 3.37. The summed E-state index contributed by atoms with van der Waals surface area (Å²) >= 11 is 1.64. The van der Waals surface area contributed by atoms with Gasteiger partial charge >= 0.3 is 5.97 Å². The Bertz CT molecular complexity index is 1580. The van der Waals surface area contributed by atoms with Crippen LogP contribution < -0.4 is 5.32 Å². The van der Waals surface area contributed by atoms with E-state index in [0.29, 0.717) is 23.8 Å². The molecule has 0 aliphatic carbocycles. The largest absolute Gasteiger partial charge is 0.481 e. The first kappa shape index (κ1) is 24.4. The van der Waals surface area contributed by atoms with Crippen molar-refractivity contribution in [3.8, 4) is 11.1 Å². The number of nitrogens with zero attached hydrogens (tertiary/aromatic N) is 5. The molecule has 1 unspecified atom stereocenters. The van der Waals surface area contributed by atoms with E-state index in [1.165, 1.54) is 4.88 Å². The van der Waals surface area contributed by atoms with Crippen LogP contribution in [0.3, 0.4) is 0 Å². The van der Waals surface area contributed by atoms with Gasteiger partial charge in [0.15, 0.2) is 5.82 Å². The van der Waals surface area contributed by atoms with Gasteiger partial charge in [0.05, 0.1) is 23.3 Å². The molecule has 5 rings (SSSR count). The van der Waals surface area contributed by atoms with Crippen molar-refractivity contribution in [1.29, 1.82) is 5.26 Å². The fraction of sp³-hybridized carbons (Fsp3) is 0.250. The molecular formula is C28H26N6O2S. The van der Waals surface area contributed by atoms with Gasteiger partial charge in [-0.15, -0.1) is 21.5 Å². The molecule has 0 bridgehead atoms. The molecule has 2 aromatic carbocycles. The number of aromatic nitrogens is 3. The number of aliphatic carboxylic acids is 1. The first-order valence-corrected chi connectivity index (χ1v) is 12.8. The van der Waals surface area contributed by atoms with E-state index >= 15 is 0 Å². The Morgan fingerprint density at radius 2 is 1.95 bits per heavy atom. The van der Waals surface area contributed by atoms with Crippen LogP contribution in [0.2, 0.25) is 0 Å². The van der Waals surface area contributed by atoms with Crippen LogP contribution >= 0.6 is 11.3 Å². The molecule has 2 atom stereocenters. The van der Waals surface area contributed by atoms with Crippen molar-refractivity contribution < 1.29 is 9.90 Å². The van der Waals surface area contributed by atoms with Crippen molar-refractivity contribution in [2.24, 2.45) is 10.9 Å². The number of carboxylic acid groups (broad SMARTS) is 1. The summed E-state index contributed by atoms with van der Waals surface area (Å²) in [7, 11) is 0. The number of carbonyl (C=O) groups is 1. The van der Waals surface area contributed by atoms with Crippen LogP contribution in [0.15, 0.2) is 53.5 Å². The molecule has 3 heterocycles. The summed E-state index contributed by atoms with van der Waals surface area (Å²) in [5.41, 5.74) is 6.35. The molecule has 0 saturated carbocycles. The van der Waals surface area contributed by atoms with Crippen LogP contribution in [0.4, 0.5) is 5.69 Å². The SMILES string of the molecule is Cc1sc2c(c1C)C(c1ccc(NCc3cccc(C#N)c3)cc1)=NC([C@H](C)C(=O)O)c1nnc(C)n1-2. The zero-order valence-corrected chi connectivity index (χ0v) is 21.8. The highest BCUT2D eigenvalue weighted by Crippen LogP contribution is 2.40.